The van der Waals surface area contributed by atoms with Crippen molar-refractivity contribution in [3.8, 4) is 0 Å². The fourth-order valence-corrected chi connectivity index (χ4v) is 4.43. The summed E-state index contributed by atoms with van der Waals surface area (Å²) < 4.78 is 5.43. The lowest BCUT2D eigenvalue weighted by atomic mass is 9.94. The van der Waals surface area contributed by atoms with Crippen molar-refractivity contribution in [1.29, 1.82) is 0 Å². The largest absolute Gasteiger partial charge is 0.462 e. The third-order valence-electron chi connectivity index (χ3n) is 4.69. The highest BCUT2D eigenvalue weighted by molar-refractivity contribution is 8.15. The van der Waals surface area contributed by atoms with Gasteiger partial charge in [-0.1, -0.05) is 44.7 Å². The van der Waals surface area contributed by atoms with E-state index in [1.807, 2.05) is 20.8 Å². The highest BCUT2D eigenvalue weighted by Gasteiger charge is 2.47. The van der Waals surface area contributed by atoms with Gasteiger partial charge in [-0.05, 0) is 24.8 Å². The number of hydrogen-bond donors (Lipinski definition) is 0. The maximum absolute atomic E-state index is 13.0. The molecule has 0 bridgehead atoms. The molecule has 154 valence electrons. The number of rotatable bonds is 6. The zero-order valence-electron chi connectivity index (χ0n) is 16.7. The van der Waals surface area contributed by atoms with Gasteiger partial charge in [-0.25, -0.2) is 9.79 Å². The highest BCUT2D eigenvalue weighted by Crippen LogP contribution is 2.44. The van der Waals surface area contributed by atoms with E-state index in [9.17, 15) is 19.7 Å². The number of allylic oxidation sites excluding steroid dienone is 1. The third-order valence-corrected chi connectivity index (χ3v) is 6.00. The molecule has 9 heteroatoms. The molecule has 0 N–H and O–H groups in total. The van der Waals surface area contributed by atoms with Crippen LogP contribution in [0.2, 0.25) is 0 Å². The quantitative estimate of drug-likeness (QED) is 0.396. The van der Waals surface area contributed by atoms with Gasteiger partial charge in [0.15, 0.2) is 5.17 Å². The number of hydrogen-bond acceptors (Lipinski definition) is 7. The molecule has 2 aliphatic rings. The number of thioether (sulfide) groups is 1. The number of nitro groups is 1. The minimum absolute atomic E-state index is 0.106. The topological polar surface area (TPSA) is 102 Å². The van der Waals surface area contributed by atoms with Gasteiger partial charge in [0.2, 0.25) is 5.91 Å². The van der Waals surface area contributed by atoms with Gasteiger partial charge in [0.25, 0.3) is 5.69 Å². The molecule has 0 spiro atoms. The molecule has 0 unspecified atom stereocenters. The van der Waals surface area contributed by atoms with Crippen LogP contribution in [-0.4, -0.2) is 38.7 Å². The minimum Gasteiger partial charge on any atom is -0.462 e. The van der Waals surface area contributed by atoms with Gasteiger partial charge in [-0.3, -0.25) is 19.8 Å². The second kappa shape index (κ2) is 8.36. The summed E-state index contributed by atoms with van der Waals surface area (Å²) in [5, 5.41) is 11.5. The Morgan fingerprint density at radius 2 is 2.14 bits per heavy atom. The number of aliphatic imine (C=N–C) groups is 1. The predicted molar refractivity (Wildman–Crippen MR) is 110 cm³/mol. The number of amidine groups is 1. The Morgan fingerprint density at radius 1 is 1.41 bits per heavy atom. The van der Waals surface area contributed by atoms with Crippen molar-refractivity contribution in [3.63, 3.8) is 0 Å². The van der Waals surface area contributed by atoms with Crippen LogP contribution in [-0.2, 0) is 14.3 Å². The first-order valence-corrected chi connectivity index (χ1v) is 10.3. The summed E-state index contributed by atoms with van der Waals surface area (Å²) >= 11 is 1.35. The summed E-state index contributed by atoms with van der Waals surface area (Å²) in [6.45, 7) is 7.69. The zero-order valence-corrected chi connectivity index (χ0v) is 17.6. The zero-order chi connectivity index (χ0) is 21.3. The van der Waals surface area contributed by atoms with E-state index in [0.29, 0.717) is 22.8 Å². The van der Waals surface area contributed by atoms with E-state index in [0.717, 1.165) is 0 Å². The van der Waals surface area contributed by atoms with Crippen LogP contribution < -0.4 is 0 Å². The standard InChI is InChI=1S/C20H23N3O5S/c1-5-15-18(24)22-17(13-7-6-8-14(9-13)23(26)27)16(12(4)21-20(22)29-15)19(25)28-10-11(2)3/h6-9,11,15,17H,5,10H2,1-4H3/t15-,17+/m0/s1. The van der Waals surface area contributed by atoms with Crippen LogP contribution in [0.1, 0.15) is 45.7 Å². The molecule has 0 aromatic heterocycles. The molecule has 2 aliphatic heterocycles. The lowest BCUT2D eigenvalue weighted by molar-refractivity contribution is -0.384. The van der Waals surface area contributed by atoms with Crippen LogP contribution >= 0.6 is 11.8 Å². The second-order valence-corrected chi connectivity index (χ2v) is 8.53. The molecule has 1 saturated heterocycles. The van der Waals surface area contributed by atoms with Gasteiger partial charge < -0.3 is 4.74 Å². The molecule has 2 atom stereocenters. The Labute approximate surface area is 173 Å². The summed E-state index contributed by atoms with van der Waals surface area (Å²) in [5.74, 6) is -0.574. The molecular formula is C20H23N3O5S. The SMILES string of the molecule is CC[C@@H]1SC2=NC(C)=C(C(=O)OCC(C)C)[C@@H](c3cccc([N+](=O)[O-])c3)N2C1=O. The van der Waals surface area contributed by atoms with Crippen LogP contribution in [0.3, 0.4) is 0 Å². The lowest BCUT2D eigenvalue weighted by Crippen LogP contribution is -2.41. The maximum atomic E-state index is 13.0. The number of nitro benzene ring substituents is 1. The molecule has 0 radical (unpaired) electrons. The van der Waals surface area contributed by atoms with Gasteiger partial charge >= 0.3 is 5.97 Å². The Morgan fingerprint density at radius 3 is 2.76 bits per heavy atom. The summed E-state index contributed by atoms with van der Waals surface area (Å²) in [6, 6.07) is 5.20. The molecular weight excluding hydrogens is 394 g/mol. The molecule has 1 fully saturated rings. The number of amides is 1. The number of esters is 1. The van der Waals surface area contributed by atoms with Gasteiger partial charge in [-0.15, -0.1) is 0 Å². The second-order valence-electron chi connectivity index (χ2n) is 7.36. The fraction of sp³-hybridized carbons (Fsp3) is 0.450. The van der Waals surface area contributed by atoms with Crippen LogP contribution in [0, 0.1) is 16.0 Å². The molecule has 2 heterocycles. The van der Waals surface area contributed by atoms with Crippen molar-refractivity contribution in [1.82, 2.24) is 4.90 Å². The number of non-ortho nitro benzene ring substituents is 1. The van der Waals surface area contributed by atoms with Crippen molar-refractivity contribution in [2.24, 2.45) is 10.9 Å². The van der Waals surface area contributed by atoms with Crippen molar-refractivity contribution in [2.75, 3.05) is 6.61 Å². The number of nitrogens with zero attached hydrogens (tertiary/aromatic N) is 3. The van der Waals surface area contributed by atoms with Crippen LogP contribution in [0.15, 0.2) is 40.5 Å². The summed E-state index contributed by atoms with van der Waals surface area (Å²) in [5.41, 5.74) is 1.07. The summed E-state index contributed by atoms with van der Waals surface area (Å²) in [4.78, 5) is 42.7. The number of carbonyl (C=O) groups is 2. The van der Waals surface area contributed by atoms with E-state index in [4.69, 9.17) is 4.74 Å². The van der Waals surface area contributed by atoms with E-state index < -0.39 is 16.9 Å². The number of carbonyl (C=O) groups excluding carboxylic acids is 2. The van der Waals surface area contributed by atoms with Gasteiger partial charge in [-0.2, -0.15) is 0 Å². The van der Waals surface area contributed by atoms with Gasteiger partial charge in [0, 0.05) is 12.1 Å². The Hall–Kier alpha value is -2.68. The first kappa shape index (κ1) is 21.0. The summed E-state index contributed by atoms with van der Waals surface area (Å²) in [7, 11) is 0. The van der Waals surface area contributed by atoms with Crippen molar-refractivity contribution in [3.05, 3.63) is 51.2 Å². The highest BCUT2D eigenvalue weighted by atomic mass is 32.2. The van der Waals surface area contributed by atoms with Crippen molar-refractivity contribution >= 4 is 34.5 Å². The van der Waals surface area contributed by atoms with E-state index in [1.54, 1.807) is 19.1 Å². The first-order valence-electron chi connectivity index (χ1n) is 9.45. The van der Waals surface area contributed by atoms with Crippen LogP contribution in [0.5, 0.6) is 0 Å². The van der Waals surface area contributed by atoms with Crippen molar-refractivity contribution in [2.45, 2.75) is 45.4 Å². The molecule has 1 aromatic carbocycles. The maximum Gasteiger partial charge on any atom is 0.338 e. The van der Waals surface area contributed by atoms with Crippen LogP contribution in [0.4, 0.5) is 5.69 Å². The van der Waals surface area contributed by atoms with Gasteiger partial charge in [0.05, 0.1) is 34.1 Å². The number of ether oxygens (including phenoxy) is 1. The average Bonchev–Trinajstić information content (AvgIpc) is 3.00. The molecule has 0 aliphatic carbocycles. The fourth-order valence-electron chi connectivity index (χ4n) is 3.29. The van der Waals surface area contributed by atoms with Gasteiger partial charge in [0.1, 0.15) is 0 Å². The normalized spacial score (nSPS) is 21.3. The Kier molecular flexibility index (Phi) is 6.07. The van der Waals surface area contributed by atoms with E-state index in [2.05, 4.69) is 4.99 Å². The molecule has 1 amide bonds. The third kappa shape index (κ3) is 4.05. The van der Waals surface area contributed by atoms with Crippen LogP contribution in [0.25, 0.3) is 0 Å². The first-order chi connectivity index (χ1) is 13.7. The number of fused-ring (bicyclic) bond motifs is 1. The molecule has 29 heavy (non-hydrogen) atoms. The monoisotopic (exact) mass is 417 g/mol. The molecule has 1 aromatic rings. The molecule has 0 saturated carbocycles. The Balaban J connectivity index is 2.11. The van der Waals surface area contributed by atoms with E-state index in [1.165, 1.54) is 28.8 Å². The predicted octanol–water partition coefficient (Wildman–Crippen LogP) is 3.83. The average molecular weight is 417 g/mol. The van der Waals surface area contributed by atoms with E-state index >= 15 is 0 Å². The summed E-state index contributed by atoms with van der Waals surface area (Å²) in [6.07, 6.45) is 0.618. The van der Waals surface area contributed by atoms with Crippen molar-refractivity contribution < 1.29 is 19.2 Å². The number of benzene rings is 1. The molecule has 8 nitrogen and oxygen atoms in total. The smallest absolute Gasteiger partial charge is 0.338 e. The van der Waals surface area contributed by atoms with E-state index in [-0.39, 0.29) is 34.9 Å². The Bertz CT molecular complexity index is 924. The molecule has 3 rings (SSSR count). The minimum atomic E-state index is -0.807. The lowest BCUT2D eigenvalue weighted by Gasteiger charge is -2.33.